The van der Waals surface area contributed by atoms with Gasteiger partial charge in [-0.2, -0.15) is 0 Å². The molecule has 0 fully saturated rings. The summed E-state index contributed by atoms with van der Waals surface area (Å²) in [5, 5.41) is 0. The Morgan fingerprint density at radius 1 is 1.05 bits per heavy atom. The van der Waals surface area contributed by atoms with Gasteiger partial charge in [0.15, 0.2) is 0 Å². The molecule has 0 saturated carbocycles. The lowest BCUT2D eigenvalue weighted by Crippen LogP contribution is -1.99. The van der Waals surface area contributed by atoms with E-state index >= 15 is 0 Å². The van der Waals surface area contributed by atoms with Crippen molar-refractivity contribution in [3.8, 4) is 16.9 Å². The van der Waals surface area contributed by atoms with E-state index in [2.05, 4.69) is 42.8 Å². The zero-order valence-corrected chi connectivity index (χ0v) is 13.3. The predicted octanol–water partition coefficient (Wildman–Crippen LogP) is 4.63. The van der Waals surface area contributed by atoms with Crippen LogP contribution in [-0.4, -0.2) is 7.11 Å². The molecule has 2 N–H and O–H groups in total. The molecule has 0 aliphatic carbocycles. The highest BCUT2D eigenvalue weighted by Gasteiger charge is 2.18. The summed E-state index contributed by atoms with van der Waals surface area (Å²) >= 11 is 3.67. The first-order valence-corrected chi connectivity index (χ1v) is 6.95. The highest BCUT2D eigenvalue weighted by molar-refractivity contribution is 9.10. The van der Waals surface area contributed by atoms with Crippen LogP contribution in [0.15, 0.2) is 28.7 Å². The monoisotopic (exact) mass is 319 g/mol. The van der Waals surface area contributed by atoms with Crippen molar-refractivity contribution in [1.82, 2.24) is 0 Å². The molecule has 0 radical (unpaired) electrons. The Morgan fingerprint density at radius 2 is 1.74 bits per heavy atom. The molecule has 0 saturated heterocycles. The van der Waals surface area contributed by atoms with E-state index in [0.29, 0.717) is 0 Å². The topological polar surface area (TPSA) is 35.2 Å². The van der Waals surface area contributed by atoms with Crippen molar-refractivity contribution in [2.24, 2.45) is 0 Å². The van der Waals surface area contributed by atoms with Crippen LogP contribution in [0, 0.1) is 20.8 Å². The molecule has 2 aromatic carbocycles. The van der Waals surface area contributed by atoms with Crippen LogP contribution in [0.3, 0.4) is 0 Å². The van der Waals surface area contributed by atoms with E-state index in [1.54, 1.807) is 7.11 Å². The minimum atomic E-state index is 0.758. The Bertz CT molecular complexity index is 635. The first-order chi connectivity index (χ1) is 8.97. The maximum Gasteiger partial charge on any atom is 0.130 e. The molecule has 2 rings (SSSR count). The molecule has 0 unspecified atom stereocenters. The van der Waals surface area contributed by atoms with Gasteiger partial charge in [0, 0.05) is 15.7 Å². The quantitative estimate of drug-likeness (QED) is 0.819. The summed E-state index contributed by atoms with van der Waals surface area (Å²) in [5.41, 5.74) is 12.4. The maximum absolute atomic E-state index is 5.89. The number of rotatable bonds is 2. The summed E-state index contributed by atoms with van der Waals surface area (Å²) < 4.78 is 6.75. The van der Waals surface area contributed by atoms with E-state index in [9.17, 15) is 0 Å². The maximum atomic E-state index is 5.89. The van der Waals surface area contributed by atoms with E-state index in [1.165, 1.54) is 11.1 Å². The van der Waals surface area contributed by atoms with Crippen LogP contribution in [0.1, 0.15) is 16.7 Å². The molecule has 0 bridgehead atoms. The molecule has 19 heavy (non-hydrogen) atoms. The minimum absolute atomic E-state index is 0.758. The standard InChI is InChI=1S/C16H18BrNO/c1-9-10(2)16(19-4)14(11(3)15(9)17)12-6-5-7-13(18)8-12/h5-8H,18H2,1-4H3. The van der Waals surface area contributed by atoms with Gasteiger partial charge in [-0.15, -0.1) is 0 Å². The smallest absolute Gasteiger partial charge is 0.130 e. The van der Waals surface area contributed by atoms with Crippen LogP contribution in [-0.2, 0) is 0 Å². The number of anilines is 1. The van der Waals surface area contributed by atoms with E-state index in [-0.39, 0.29) is 0 Å². The second-order valence-corrected chi connectivity index (χ2v) is 5.52. The van der Waals surface area contributed by atoms with Gasteiger partial charge in [-0.1, -0.05) is 28.1 Å². The number of ether oxygens (including phenoxy) is 1. The average molecular weight is 320 g/mol. The van der Waals surface area contributed by atoms with Gasteiger partial charge in [0.05, 0.1) is 7.11 Å². The van der Waals surface area contributed by atoms with Crippen molar-refractivity contribution in [1.29, 1.82) is 0 Å². The molecule has 100 valence electrons. The Hall–Kier alpha value is -1.48. The minimum Gasteiger partial charge on any atom is -0.496 e. The summed E-state index contributed by atoms with van der Waals surface area (Å²) in [4.78, 5) is 0. The van der Waals surface area contributed by atoms with E-state index in [0.717, 1.165) is 32.6 Å². The van der Waals surface area contributed by atoms with Crippen molar-refractivity contribution >= 4 is 21.6 Å². The normalized spacial score (nSPS) is 10.6. The molecule has 2 nitrogen and oxygen atoms in total. The van der Waals surface area contributed by atoms with Gasteiger partial charge in [-0.05, 0) is 55.2 Å². The molecule has 0 heterocycles. The lowest BCUT2D eigenvalue weighted by Gasteiger charge is -2.19. The van der Waals surface area contributed by atoms with Crippen molar-refractivity contribution in [2.75, 3.05) is 12.8 Å². The Morgan fingerprint density at radius 3 is 2.32 bits per heavy atom. The van der Waals surface area contributed by atoms with Crippen molar-refractivity contribution in [3.05, 3.63) is 45.4 Å². The fraction of sp³-hybridized carbons (Fsp3) is 0.250. The highest BCUT2D eigenvalue weighted by atomic mass is 79.9. The zero-order chi connectivity index (χ0) is 14.2. The van der Waals surface area contributed by atoms with Crippen LogP contribution in [0.2, 0.25) is 0 Å². The summed E-state index contributed by atoms with van der Waals surface area (Å²) in [7, 11) is 1.71. The van der Waals surface area contributed by atoms with Crippen LogP contribution < -0.4 is 10.5 Å². The molecule has 3 heteroatoms. The fourth-order valence-corrected chi connectivity index (χ4v) is 2.88. The molecule has 2 aromatic rings. The average Bonchev–Trinajstić information content (AvgIpc) is 2.40. The summed E-state index contributed by atoms with van der Waals surface area (Å²) in [6, 6.07) is 7.89. The van der Waals surface area contributed by atoms with Gasteiger partial charge in [0.25, 0.3) is 0 Å². The number of hydrogen-bond acceptors (Lipinski definition) is 2. The largest absolute Gasteiger partial charge is 0.496 e. The molecule has 0 aromatic heterocycles. The molecular weight excluding hydrogens is 302 g/mol. The summed E-state index contributed by atoms with van der Waals surface area (Å²) in [5.74, 6) is 0.920. The summed E-state index contributed by atoms with van der Waals surface area (Å²) in [6.45, 7) is 6.27. The van der Waals surface area contributed by atoms with Crippen LogP contribution >= 0.6 is 15.9 Å². The zero-order valence-electron chi connectivity index (χ0n) is 11.7. The number of methoxy groups -OCH3 is 1. The second-order valence-electron chi connectivity index (χ2n) is 4.72. The number of benzene rings is 2. The first kappa shape index (κ1) is 13.9. The number of hydrogen-bond donors (Lipinski definition) is 1. The van der Waals surface area contributed by atoms with Gasteiger partial charge in [-0.25, -0.2) is 0 Å². The molecule has 0 atom stereocenters. The van der Waals surface area contributed by atoms with E-state index in [4.69, 9.17) is 10.5 Å². The van der Waals surface area contributed by atoms with Gasteiger partial charge >= 0.3 is 0 Å². The predicted molar refractivity (Wildman–Crippen MR) is 84.8 cm³/mol. The van der Waals surface area contributed by atoms with Crippen molar-refractivity contribution in [3.63, 3.8) is 0 Å². The third kappa shape index (κ3) is 2.35. The van der Waals surface area contributed by atoms with Crippen LogP contribution in [0.25, 0.3) is 11.1 Å². The van der Waals surface area contributed by atoms with Gasteiger partial charge in [0.2, 0.25) is 0 Å². The number of halogens is 1. The van der Waals surface area contributed by atoms with Gasteiger partial charge in [0.1, 0.15) is 5.75 Å². The molecule has 0 amide bonds. The van der Waals surface area contributed by atoms with Crippen LogP contribution in [0.4, 0.5) is 5.69 Å². The molecule has 0 spiro atoms. The van der Waals surface area contributed by atoms with E-state index < -0.39 is 0 Å². The highest BCUT2D eigenvalue weighted by Crippen LogP contribution is 2.42. The van der Waals surface area contributed by atoms with Crippen LogP contribution in [0.5, 0.6) is 5.75 Å². The first-order valence-electron chi connectivity index (χ1n) is 6.16. The Balaban J connectivity index is 2.83. The Kier molecular flexibility index (Phi) is 3.85. The lowest BCUT2D eigenvalue weighted by atomic mass is 9.93. The number of nitrogens with two attached hydrogens (primary N) is 1. The molecular formula is C16H18BrNO. The lowest BCUT2D eigenvalue weighted by molar-refractivity contribution is 0.412. The van der Waals surface area contributed by atoms with Crippen molar-refractivity contribution in [2.45, 2.75) is 20.8 Å². The third-order valence-electron chi connectivity index (χ3n) is 3.54. The number of nitrogen functional groups attached to an aromatic ring is 1. The van der Waals surface area contributed by atoms with Crippen molar-refractivity contribution < 1.29 is 4.74 Å². The Labute approximate surface area is 122 Å². The summed E-state index contributed by atoms with van der Waals surface area (Å²) in [6.07, 6.45) is 0. The third-order valence-corrected chi connectivity index (χ3v) is 4.73. The fourth-order valence-electron chi connectivity index (χ4n) is 2.38. The second kappa shape index (κ2) is 5.25. The van der Waals surface area contributed by atoms with E-state index in [1.807, 2.05) is 18.2 Å². The van der Waals surface area contributed by atoms with Gasteiger partial charge in [-0.3, -0.25) is 0 Å². The molecule has 0 aliphatic heterocycles. The SMILES string of the molecule is COc1c(C)c(C)c(Br)c(C)c1-c1cccc(N)c1. The van der Waals surface area contributed by atoms with Gasteiger partial charge < -0.3 is 10.5 Å². The molecule has 0 aliphatic rings.